The summed E-state index contributed by atoms with van der Waals surface area (Å²) in [6.07, 6.45) is -0.257. The Balaban J connectivity index is 2.20. The molecule has 1 saturated heterocycles. The second-order valence-corrected chi connectivity index (χ2v) is 7.19. The Kier molecular flexibility index (Phi) is 5.11. The number of carbonyl (C=O) groups excluding carboxylic acids is 1. The van der Waals surface area contributed by atoms with Crippen molar-refractivity contribution >= 4 is 5.91 Å². The largest absolute Gasteiger partial charge is 0.390 e. The Morgan fingerprint density at radius 1 is 1.48 bits per heavy atom. The van der Waals surface area contributed by atoms with Crippen molar-refractivity contribution in [2.75, 3.05) is 26.7 Å². The summed E-state index contributed by atoms with van der Waals surface area (Å²) in [5.41, 5.74) is 0.614. The molecule has 1 N–H and O–H groups in total. The number of β-amino-alcohol motifs (C(OH)–C–C–N with tert-alkyl or cyclic N) is 1. The zero-order valence-electron chi connectivity index (χ0n) is 14.6. The first-order chi connectivity index (χ1) is 10.6. The molecule has 23 heavy (non-hydrogen) atoms. The first-order valence-electron chi connectivity index (χ1n) is 8.10. The van der Waals surface area contributed by atoms with E-state index < -0.39 is 0 Å². The molecule has 4 nitrogen and oxygen atoms in total. The van der Waals surface area contributed by atoms with E-state index in [0.717, 1.165) is 0 Å². The molecular weight excluding hydrogens is 295 g/mol. The summed E-state index contributed by atoms with van der Waals surface area (Å²) >= 11 is 0. The van der Waals surface area contributed by atoms with Crippen LogP contribution < -0.4 is 0 Å². The molecule has 0 aliphatic carbocycles. The molecule has 0 bridgehead atoms. The van der Waals surface area contributed by atoms with Crippen LogP contribution in [0.4, 0.5) is 4.39 Å². The lowest BCUT2D eigenvalue weighted by Crippen LogP contribution is -2.62. The summed E-state index contributed by atoms with van der Waals surface area (Å²) in [6, 6.07) is 4.48. The lowest BCUT2D eigenvalue weighted by Gasteiger charge is -2.48. The summed E-state index contributed by atoms with van der Waals surface area (Å²) in [4.78, 5) is 16.8. The standard InChI is InChI=1S/C18H27FN2O2/c1-12(2)18(4,11-21-9-15(22)10-21)20(5)17(23)14-6-7-16(19)13(3)8-14/h6-8,12,15,22H,9-11H2,1-5H3/t18-/m1/s1. The molecule has 1 aliphatic heterocycles. The van der Waals surface area contributed by atoms with E-state index in [1.54, 1.807) is 24.9 Å². The van der Waals surface area contributed by atoms with Gasteiger partial charge in [-0.15, -0.1) is 0 Å². The van der Waals surface area contributed by atoms with Gasteiger partial charge < -0.3 is 10.0 Å². The van der Waals surface area contributed by atoms with Gasteiger partial charge in [-0.1, -0.05) is 13.8 Å². The molecule has 0 saturated carbocycles. The Bertz CT molecular complexity index is 584. The van der Waals surface area contributed by atoms with Crippen LogP contribution in [0.2, 0.25) is 0 Å². The minimum atomic E-state index is -0.362. The molecule has 1 aliphatic rings. The topological polar surface area (TPSA) is 43.8 Å². The van der Waals surface area contributed by atoms with Crippen LogP contribution in [-0.4, -0.2) is 59.1 Å². The number of rotatable bonds is 5. The third-order valence-electron chi connectivity index (χ3n) is 5.20. The highest BCUT2D eigenvalue weighted by Crippen LogP contribution is 2.28. The fraction of sp³-hybridized carbons (Fsp3) is 0.611. The van der Waals surface area contributed by atoms with Crippen molar-refractivity contribution in [1.82, 2.24) is 9.80 Å². The molecule has 1 heterocycles. The van der Waals surface area contributed by atoms with Crippen LogP contribution in [0.25, 0.3) is 0 Å². The van der Waals surface area contributed by atoms with Gasteiger partial charge in [0.1, 0.15) is 5.82 Å². The van der Waals surface area contributed by atoms with E-state index >= 15 is 0 Å². The molecule has 1 fully saturated rings. The Morgan fingerprint density at radius 2 is 2.09 bits per heavy atom. The lowest BCUT2D eigenvalue weighted by atomic mass is 9.84. The predicted octanol–water partition coefficient (Wildman–Crippen LogP) is 2.30. The smallest absolute Gasteiger partial charge is 0.254 e. The molecule has 128 valence electrons. The number of amides is 1. The van der Waals surface area contributed by atoms with Crippen molar-refractivity contribution in [3.63, 3.8) is 0 Å². The van der Waals surface area contributed by atoms with E-state index in [4.69, 9.17) is 0 Å². The van der Waals surface area contributed by atoms with Crippen LogP contribution in [-0.2, 0) is 0 Å². The molecular formula is C18H27FN2O2. The maximum atomic E-state index is 13.4. The van der Waals surface area contributed by atoms with Gasteiger partial charge in [0.05, 0.1) is 11.6 Å². The molecule has 0 aromatic heterocycles. The van der Waals surface area contributed by atoms with Gasteiger partial charge >= 0.3 is 0 Å². The van der Waals surface area contributed by atoms with Gasteiger partial charge in [0.15, 0.2) is 0 Å². The zero-order valence-corrected chi connectivity index (χ0v) is 14.6. The molecule has 5 heteroatoms. The number of halogens is 1. The van der Waals surface area contributed by atoms with E-state index in [-0.39, 0.29) is 29.3 Å². The number of aliphatic hydroxyl groups is 1. The number of likely N-dealkylation sites (N-methyl/N-ethyl adjacent to an activating group) is 1. The number of aryl methyl sites for hydroxylation is 1. The van der Waals surface area contributed by atoms with Crippen molar-refractivity contribution < 1.29 is 14.3 Å². The lowest BCUT2D eigenvalue weighted by molar-refractivity contribution is -0.0369. The third kappa shape index (κ3) is 3.56. The second kappa shape index (κ2) is 6.57. The fourth-order valence-corrected chi connectivity index (χ4v) is 3.00. The number of carbonyl (C=O) groups is 1. The van der Waals surface area contributed by atoms with Crippen LogP contribution in [0, 0.1) is 18.7 Å². The zero-order chi connectivity index (χ0) is 17.4. The SMILES string of the molecule is Cc1cc(C(=O)N(C)[C@](C)(CN2CC(O)C2)C(C)C)ccc1F. The van der Waals surface area contributed by atoms with Crippen molar-refractivity contribution in [2.24, 2.45) is 5.92 Å². The van der Waals surface area contributed by atoms with Crippen LogP contribution in [0.5, 0.6) is 0 Å². The van der Waals surface area contributed by atoms with E-state index in [1.165, 1.54) is 12.1 Å². The molecule has 0 radical (unpaired) electrons. The van der Waals surface area contributed by atoms with Gasteiger partial charge in [-0.2, -0.15) is 0 Å². The maximum Gasteiger partial charge on any atom is 0.254 e. The first-order valence-corrected chi connectivity index (χ1v) is 8.10. The minimum Gasteiger partial charge on any atom is -0.390 e. The van der Waals surface area contributed by atoms with Gasteiger partial charge in [-0.3, -0.25) is 9.69 Å². The quantitative estimate of drug-likeness (QED) is 0.904. The van der Waals surface area contributed by atoms with Crippen LogP contribution in [0.1, 0.15) is 36.7 Å². The summed E-state index contributed by atoms with van der Waals surface area (Å²) in [5, 5.41) is 9.48. The Hall–Kier alpha value is -1.46. The maximum absolute atomic E-state index is 13.4. The predicted molar refractivity (Wildman–Crippen MR) is 88.9 cm³/mol. The fourth-order valence-electron chi connectivity index (χ4n) is 3.00. The molecule has 2 rings (SSSR count). The van der Waals surface area contributed by atoms with Crippen LogP contribution >= 0.6 is 0 Å². The highest BCUT2D eigenvalue weighted by Gasteiger charge is 2.40. The molecule has 0 unspecified atom stereocenters. The van der Waals surface area contributed by atoms with Crippen molar-refractivity contribution in [2.45, 2.75) is 39.3 Å². The van der Waals surface area contributed by atoms with E-state index in [1.807, 2.05) is 0 Å². The van der Waals surface area contributed by atoms with Gasteiger partial charge in [0.25, 0.3) is 5.91 Å². The van der Waals surface area contributed by atoms with Crippen LogP contribution in [0.15, 0.2) is 18.2 Å². The number of hydrogen-bond donors (Lipinski definition) is 1. The number of hydrogen-bond acceptors (Lipinski definition) is 3. The van der Waals surface area contributed by atoms with Crippen molar-refractivity contribution in [3.8, 4) is 0 Å². The monoisotopic (exact) mass is 322 g/mol. The molecule has 1 amide bonds. The normalized spacial score (nSPS) is 18.6. The summed E-state index contributed by atoms with van der Waals surface area (Å²) in [7, 11) is 1.80. The molecule has 1 atom stereocenters. The highest BCUT2D eigenvalue weighted by molar-refractivity contribution is 5.94. The minimum absolute atomic E-state index is 0.106. The number of nitrogens with zero attached hydrogens (tertiary/aromatic N) is 2. The Morgan fingerprint density at radius 3 is 2.57 bits per heavy atom. The molecule has 1 aromatic carbocycles. The number of benzene rings is 1. The van der Waals surface area contributed by atoms with Crippen molar-refractivity contribution in [1.29, 1.82) is 0 Å². The summed E-state index contributed by atoms with van der Waals surface area (Å²) in [6.45, 7) is 9.93. The summed E-state index contributed by atoms with van der Waals surface area (Å²) < 4.78 is 13.4. The van der Waals surface area contributed by atoms with Crippen LogP contribution in [0.3, 0.4) is 0 Å². The van der Waals surface area contributed by atoms with Gasteiger partial charge in [0, 0.05) is 32.2 Å². The van der Waals surface area contributed by atoms with Crippen molar-refractivity contribution in [3.05, 3.63) is 35.1 Å². The summed E-state index contributed by atoms with van der Waals surface area (Å²) in [5.74, 6) is -0.161. The highest BCUT2D eigenvalue weighted by atomic mass is 19.1. The third-order valence-corrected chi connectivity index (χ3v) is 5.20. The van der Waals surface area contributed by atoms with E-state index in [2.05, 4.69) is 25.7 Å². The average molecular weight is 322 g/mol. The average Bonchev–Trinajstić information content (AvgIpc) is 2.46. The second-order valence-electron chi connectivity index (χ2n) is 7.19. The molecule has 1 aromatic rings. The molecule has 0 spiro atoms. The van der Waals surface area contributed by atoms with E-state index in [0.29, 0.717) is 30.8 Å². The van der Waals surface area contributed by atoms with E-state index in [9.17, 15) is 14.3 Å². The van der Waals surface area contributed by atoms with Gasteiger partial charge in [-0.25, -0.2) is 4.39 Å². The van der Waals surface area contributed by atoms with Gasteiger partial charge in [0.2, 0.25) is 0 Å². The number of likely N-dealkylation sites (tertiary alicyclic amines) is 1. The van der Waals surface area contributed by atoms with Gasteiger partial charge in [-0.05, 0) is 43.5 Å². The number of aliphatic hydroxyl groups excluding tert-OH is 1. The Labute approximate surface area is 137 Å². The first kappa shape index (κ1) is 17.9.